The first-order valence-electron chi connectivity index (χ1n) is 12.1. The molecule has 0 spiro atoms. The van der Waals surface area contributed by atoms with Crippen molar-refractivity contribution in [1.82, 2.24) is 0 Å². The zero-order valence-corrected chi connectivity index (χ0v) is 20.0. The molecule has 0 unspecified atom stereocenters. The summed E-state index contributed by atoms with van der Waals surface area (Å²) in [6.07, 6.45) is 16.8. The molecule has 0 fully saturated rings. The predicted octanol–water partition coefficient (Wildman–Crippen LogP) is 7.68. The molecule has 0 N–H and O–H groups in total. The van der Waals surface area contributed by atoms with E-state index in [-0.39, 0.29) is 0 Å². The summed E-state index contributed by atoms with van der Waals surface area (Å²) < 4.78 is 0. The number of unbranched alkanes of at least 4 members (excludes halogenated alkanes) is 7. The van der Waals surface area contributed by atoms with Gasteiger partial charge in [-0.25, -0.2) is 0 Å². The zero-order valence-electron chi connectivity index (χ0n) is 19.1. The van der Waals surface area contributed by atoms with Gasteiger partial charge in [0.2, 0.25) is 0 Å². The fourth-order valence-electron chi connectivity index (χ4n) is 4.38. The molecular formula is C30H38P+. The molecule has 0 heterocycles. The molecule has 3 aromatic carbocycles. The summed E-state index contributed by atoms with van der Waals surface area (Å²) in [5, 5.41) is 4.40. The third kappa shape index (κ3) is 6.65. The highest BCUT2D eigenvalue weighted by Gasteiger charge is 2.43. The molecule has 0 bridgehead atoms. The Hall–Kier alpha value is -2.17. The molecule has 0 nitrogen and oxygen atoms in total. The standard InChI is InChI=1S/C30H38P/c1-2-3-4-5-6-7-8-9-10-20-27-31(28-21-14-11-15-22-28,29-23-16-12-17-24-29)30-25-18-13-19-26-30/h10-26H,2-9,27H2,1H3/q+1/b20-10+. The van der Waals surface area contributed by atoms with Crippen LogP contribution in [0.25, 0.3) is 0 Å². The number of hydrogen-bond donors (Lipinski definition) is 0. The van der Waals surface area contributed by atoms with Crippen LogP contribution in [0.3, 0.4) is 0 Å². The van der Waals surface area contributed by atoms with E-state index < -0.39 is 7.26 Å². The van der Waals surface area contributed by atoms with Gasteiger partial charge in [0.05, 0.1) is 6.16 Å². The lowest BCUT2D eigenvalue weighted by Crippen LogP contribution is -2.32. The SMILES string of the molecule is CCCCCCCCC/C=C/C[P+](c1ccccc1)(c1ccccc1)c1ccccc1. The Labute approximate surface area is 190 Å². The van der Waals surface area contributed by atoms with Gasteiger partial charge in [0, 0.05) is 0 Å². The van der Waals surface area contributed by atoms with E-state index in [1.165, 1.54) is 67.3 Å². The van der Waals surface area contributed by atoms with Crippen molar-refractivity contribution in [1.29, 1.82) is 0 Å². The Bertz CT molecular complexity index is 771. The highest BCUT2D eigenvalue weighted by Crippen LogP contribution is 2.55. The Morgan fingerprint density at radius 3 is 1.39 bits per heavy atom. The lowest BCUT2D eigenvalue weighted by atomic mass is 10.1. The lowest BCUT2D eigenvalue weighted by Gasteiger charge is -2.26. The van der Waals surface area contributed by atoms with E-state index in [1.54, 1.807) is 0 Å². The zero-order chi connectivity index (χ0) is 21.6. The first-order valence-corrected chi connectivity index (χ1v) is 14.1. The molecule has 0 aliphatic carbocycles. The molecule has 0 atom stereocenters. The third-order valence-electron chi connectivity index (χ3n) is 6.11. The average Bonchev–Trinajstić information content (AvgIpc) is 2.84. The molecule has 0 amide bonds. The van der Waals surface area contributed by atoms with Gasteiger partial charge in [-0.15, -0.1) is 0 Å². The number of benzene rings is 3. The third-order valence-corrected chi connectivity index (χ3v) is 10.4. The van der Waals surface area contributed by atoms with E-state index in [2.05, 4.69) is 110 Å². The Morgan fingerprint density at radius 2 is 0.935 bits per heavy atom. The maximum Gasteiger partial charge on any atom is 0.115 e. The van der Waals surface area contributed by atoms with Crippen molar-refractivity contribution in [3.8, 4) is 0 Å². The molecule has 31 heavy (non-hydrogen) atoms. The highest BCUT2D eigenvalue weighted by atomic mass is 31.2. The fraction of sp³-hybridized carbons (Fsp3) is 0.333. The van der Waals surface area contributed by atoms with Gasteiger partial charge in [-0.3, -0.25) is 0 Å². The van der Waals surface area contributed by atoms with Crippen LogP contribution >= 0.6 is 7.26 Å². The van der Waals surface area contributed by atoms with E-state index in [1.807, 2.05) is 0 Å². The first-order chi connectivity index (χ1) is 15.4. The Kier molecular flexibility index (Phi) is 10.1. The van der Waals surface area contributed by atoms with Gasteiger partial charge in [0.15, 0.2) is 0 Å². The van der Waals surface area contributed by atoms with Crippen LogP contribution in [0.5, 0.6) is 0 Å². The van der Waals surface area contributed by atoms with E-state index in [4.69, 9.17) is 0 Å². The normalized spacial score (nSPS) is 11.8. The minimum Gasteiger partial charge on any atom is -0.0849 e. The topological polar surface area (TPSA) is 0 Å². The number of hydrogen-bond acceptors (Lipinski definition) is 0. The summed E-state index contributed by atoms with van der Waals surface area (Å²) >= 11 is 0. The van der Waals surface area contributed by atoms with Crippen molar-refractivity contribution in [3.05, 3.63) is 103 Å². The molecule has 0 aliphatic rings. The van der Waals surface area contributed by atoms with E-state index in [0.717, 1.165) is 6.16 Å². The van der Waals surface area contributed by atoms with Gasteiger partial charge in [0.25, 0.3) is 0 Å². The maximum absolute atomic E-state index is 2.47. The van der Waals surface area contributed by atoms with Crippen LogP contribution in [0.15, 0.2) is 103 Å². The van der Waals surface area contributed by atoms with E-state index in [9.17, 15) is 0 Å². The van der Waals surface area contributed by atoms with Crippen molar-refractivity contribution < 1.29 is 0 Å². The van der Waals surface area contributed by atoms with E-state index in [0.29, 0.717) is 0 Å². The van der Waals surface area contributed by atoms with Crippen LogP contribution in [0.2, 0.25) is 0 Å². The summed E-state index contributed by atoms with van der Waals surface area (Å²) in [7, 11) is -1.71. The largest absolute Gasteiger partial charge is 0.115 e. The van der Waals surface area contributed by atoms with Gasteiger partial charge < -0.3 is 0 Å². The van der Waals surface area contributed by atoms with Gasteiger partial charge in [-0.05, 0) is 49.2 Å². The van der Waals surface area contributed by atoms with Crippen LogP contribution in [0, 0.1) is 0 Å². The van der Waals surface area contributed by atoms with Crippen molar-refractivity contribution in [3.63, 3.8) is 0 Å². The minimum absolute atomic E-state index is 1.08. The Balaban J connectivity index is 1.77. The van der Waals surface area contributed by atoms with Crippen molar-refractivity contribution in [2.75, 3.05) is 6.16 Å². The summed E-state index contributed by atoms with van der Waals surface area (Å²) in [5.74, 6) is 0. The smallest absolute Gasteiger partial charge is 0.0849 e. The van der Waals surface area contributed by atoms with E-state index >= 15 is 0 Å². The molecule has 0 saturated heterocycles. The van der Waals surface area contributed by atoms with Crippen molar-refractivity contribution in [2.24, 2.45) is 0 Å². The highest BCUT2D eigenvalue weighted by molar-refractivity contribution is 7.95. The molecule has 0 aliphatic heterocycles. The lowest BCUT2D eigenvalue weighted by molar-refractivity contribution is 0.592. The van der Waals surface area contributed by atoms with Crippen molar-refractivity contribution >= 4 is 23.2 Å². The van der Waals surface area contributed by atoms with Gasteiger partial charge >= 0.3 is 0 Å². The second-order valence-electron chi connectivity index (χ2n) is 8.38. The Morgan fingerprint density at radius 1 is 0.516 bits per heavy atom. The van der Waals surface area contributed by atoms with Crippen LogP contribution < -0.4 is 15.9 Å². The average molecular weight is 430 g/mol. The van der Waals surface area contributed by atoms with Gasteiger partial charge in [-0.2, -0.15) is 0 Å². The summed E-state index contributed by atoms with van der Waals surface area (Å²) in [6.45, 7) is 2.29. The molecule has 1 heteroatoms. The van der Waals surface area contributed by atoms with Crippen LogP contribution in [-0.2, 0) is 0 Å². The summed E-state index contributed by atoms with van der Waals surface area (Å²) in [5.41, 5.74) is 0. The van der Waals surface area contributed by atoms with Crippen LogP contribution in [0.4, 0.5) is 0 Å². The molecule has 0 aromatic heterocycles. The molecule has 162 valence electrons. The molecule has 0 saturated carbocycles. The summed E-state index contributed by atoms with van der Waals surface area (Å²) in [4.78, 5) is 0. The monoisotopic (exact) mass is 429 g/mol. The molecular weight excluding hydrogens is 391 g/mol. The predicted molar refractivity (Wildman–Crippen MR) is 142 cm³/mol. The minimum atomic E-state index is -1.71. The number of rotatable bonds is 13. The summed E-state index contributed by atoms with van der Waals surface area (Å²) in [6, 6.07) is 33.5. The molecule has 0 radical (unpaired) electrons. The van der Waals surface area contributed by atoms with Gasteiger partial charge in [-0.1, -0.05) is 112 Å². The first kappa shape index (κ1) is 23.5. The van der Waals surface area contributed by atoms with Crippen LogP contribution in [0.1, 0.15) is 58.3 Å². The molecule has 3 rings (SSSR count). The maximum atomic E-state index is 2.47. The number of allylic oxidation sites excluding steroid dienone is 2. The second kappa shape index (κ2) is 13.3. The molecule has 3 aromatic rings. The van der Waals surface area contributed by atoms with Gasteiger partial charge in [0.1, 0.15) is 23.2 Å². The fourth-order valence-corrected chi connectivity index (χ4v) is 8.42. The second-order valence-corrected chi connectivity index (χ2v) is 11.9. The quantitative estimate of drug-likeness (QED) is 0.148. The van der Waals surface area contributed by atoms with Crippen molar-refractivity contribution in [2.45, 2.75) is 58.3 Å². The van der Waals surface area contributed by atoms with Crippen LogP contribution in [-0.4, -0.2) is 6.16 Å².